The van der Waals surface area contributed by atoms with E-state index in [4.69, 9.17) is 17.0 Å². The molecule has 0 saturated carbocycles. The van der Waals surface area contributed by atoms with Gasteiger partial charge in [0.25, 0.3) is 5.56 Å². The smallest absolute Gasteiger partial charge is 0.253 e. The van der Waals surface area contributed by atoms with Crippen LogP contribution in [0.15, 0.2) is 59.4 Å². The maximum Gasteiger partial charge on any atom is 0.253 e. The number of rotatable bonds is 8. The Hall–Kier alpha value is -2.74. The number of aromatic nitrogens is 1. The maximum atomic E-state index is 12.9. The van der Waals surface area contributed by atoms with Crippen LogP contribution in [-0.2, 0) is 17.8 Å². The van der Waals surface area contributed by atoms with Crippen molar-refractivity contribution in [1.82, 2.24) is 20.1 Å². The van der Waals surface area contributed by atoms with Crippen LogP contribution < -0.4 is 10.9 Å². The van der Waals surface area contributed by atoms with E-state index in [0.717, 1.165) is 67.8 Å². The zero-order valence-corrected chi connectivity index (χ0v) is 20.0. The molecule has 0 aliphatic carbocycles. The van der Waals surface area contributed by atoms with Gasteiger partial charge in [-0.15, -0.1) is 0 Å². The van der Waals surface area contributed by atoms with Gasteiger partial charge in [0.05, 0.1) is 25.3 Å². The van der Waals surface area contributed by atoms with Crippen LogP contribution in [0.3, 0.4) is 0 Å². The van der Waals surface area contributed by atoms with Gasteiger partial charge >= 0.3 is 0 Å². The molecular formula is C26H32N4O2S. The van der Waals surface area contributed by atoms with Gasteiger partial charge in [0.2, 0.25) is 0 Å². The van der Waals surface area contributed by atoms with E-state index >= 15 is 0 Å². The molecule has 0 atom stereocenters. The minimum atomic E-state index is -0.0648. The highest BCUT2D eigenvalue weighted by atomic mass is 32.1. The quantitative estimate of drug-likeness (QED) is 0.393. The van der Waals surface area contributed by atoms with Crippen LogP contribution >= 0.6 is 12.2 Å². The number of ether oxygens (including phenoxy) is 1. The summed E-state index contributed by atoms with van der Waals surface area (Å²) in [7, 11) is 0. The molecule has 1 saturated heterocycles. The average molecular weight is 465 g/mol. The third-order valence-corrected chi connectivity index (χ3v) is 6.46. The van der Waals surface area contributed by atoms with Crippen molar-refractivity contribution in [2.75, 3.05) is 39.4 Å². The van der Waals surface area contributed by atoms with Crippen molar-refractivity contribution in [3.63, 3.8) is 0 Å². The number of nitrogens with zero attached hydrogens (tertiary/aromatic N) is 2. The first-order valence-corrected chi connectivity index (χ1v) is 12.0. The fourth-order valence-electron chi connectivity index (χ4n) is 4.19. The number of thiocarbonyl (C=S) groups is 1. The Bertz CT molecular complexity index is 1130. The lowest BCUT2D eigenvalue weighted by Crippen LogP contribution is -2.42. The van der Waals surface area contributed by atoms with E-state index in [9.17, 15) is 4.79 Å². The Kier molecular flexibility index (Phi) is 8.10. The molecule has 0 bridgehead atoms. The van der Waals surface area contributed by atoms with Gasteiger partial charge in [-0.1, -0.05) is 48.5 Å². The molecule has 7 heteroatoms. The Morgan fingerprint density at radius 2 is 1.91 bits per heavy atom. The summed E-state index contributed by atoms with van der Waals surface area (Å²) in [6.07, 6.45) is 1.01. The van der Waals surface area contributed by atoms with Gasteiger partial charge in [-0.25, -0.2) is 0 Å². The van der Waals surface area contributed by atoms with Crippen LogP contribution in [0.5, 0.6) is 0 Å². The fraction of sp³-hybridized carbons (Fsp3) is 0.385. The van der Waals surface area contributed by atoms with Crippen molar-refractivity contribution < 1.29 is 4.74 Å². The molecule has 33 heavy (non-hydrogen) atoms. The average Bonchev–Trinajstić information content (AvgIpc) is 2.84. The summed E-state index contributed by atoms with van der Waals surface area (Å²) in [4.78, 5) is 20.4. The number of nitrogens with one attached hydrogen (secondary N) is 2. The Morgan fingerprint density at radius 3 is 2.70 bits per heavy atom. The molecule has 174 valence electrons. The number of benzene rings is 2. The van der Waals surface area contributed by atoms with Gasteiger partial charge < -0.3 is 19.9 Å². The van der Waals surface area contributed by atoms with Crippen molar-refractivity contribution in [3.05, 3.63) is 81.6 Å². The summed E-state index contributed by atoms with van der Waals surface area (Å²) in [5.74, 6) is 0. The van der Waals surface area contributed by atoms with Crippen LogP contribution in [0.2, 0.25) is 0 Å². The normalized spacial score (nSPS) is 14.3. The summed E-state index contributed by atoms with van der Waals surface area (Å²) >= 11 is 5.77. The Labute approximate surface area is 200 Å². The van der Waals surface area contributed by atoms with Crippen molar-refractivity contribution in [1.29, 1.82) is 0 Å². The summed E-state index contributed by atoms with van der Waals surface area (Å²) < 4.78 is 5.42. The van der Waals surface area contributed by atoms with E-state index < -0.39 is 0 Å². The summed E-state index contributed by atoms with van der Waals surface area (Å²) in [5, 5.41) is 5.12. The van der Waals surface area contributed by atoms with Crippen LogP contribution in [0, 0.1) is 6.92 Å². The monoisotopic (exact) mass is 464 g/mol. The van der Waals surface area contributed by atoms with Gasteiger partial charge in [-0.05, 0) is 54.7 Å². The zero-order valence-electron chi connectivity index (χ0n) is 19.2. The van der Waals surface area contributed by atoms with Gasteiger partial charge in [0.15, 0.2) is 5.11 Å². The molecule has 2 heterocycles. The first kappa shape index (κ1) is 23.4. The summed E-state index contributed by atoms with van der Waals surface area (Å²) in [5.41, 5.74) is 3.76. The maximum absolute atomic E-state index is 12.9. The number of morpholine rings is 1. The lowest BCUT2D eigenvalue weighted by atomic mass is 10.1. The molecule has 6 nitrogen and oxygen atoms in total. The molecular weight excluding hydrogens is 432 g/mol. The standard InChI is InChI=1S/C26H32N4O2S/c1-20-7-5-10-22-17-23(25(31)28-24(20)22)19-30(18-21-8-3-2-4-9-21)26(33)27-11-6-12-29-13-15-32-16-14-29/h2-5,7-10,17H,6,11-16,18-19H2,1H3,(H,27,33)(H,28,31). The van der Waals surface area contributed by atoms with Crippen molar-refractivity contribution in [2.24, 2.45) is 0 Å². The predicted molar refractivity (Wildman–Crippen MR) is 137 cm³/mol. The SMILES string of the molecule is Cc1cccc2cc(CN(Cc3ccccc3)C(=S)NCCCN3CCOCC3)c(=O)[nH]c12. The molecule has 2 aromatic carbocycles. The van der Waals surface area contributed by atoms with E-state index in [0.29, 0.717) is 23.8 Å². The molecule has 1 fully saturated rings. The molecule has 0 amide bonds. The summed E-state index contributed by atoms with van der Waals surface area (Å²) in [6.45, 7) is 8.55. The van der Waals surface area contributed by atoms with Crippen LogP contribution in [0.1, 0.15) is 23.1 Å². The number of para-hydroxylation sites is 1. The molecule has 4 rings (SSSR count). The lowest BCUT2D eigenvalue weighted by Gasteiger charge is -2.28. The van der Waals surface area contributed by atoms with E-state index in [1.165, 1.54) is 0 Å². The van der Waals surface area contributed by atoms with E-state index in [-0.39, 0.29) is 5.56 Å². The van der Waals surface area contributed by atoms with Crippen molar-refractivity contribution in [3.8, 4) is 0 Å². The first-order valence-electron chi connectivity index (χ1n) is 11.6. The second kappa shape index (κ2) is 11.4. The minimum Gasteiger partial charge on any atom is -0.379 e. The predicted octanol–water partition coefficient (Wildman–Crippen LogP) is 3.44. The number of hydrogen-bond donors (Lipinski definition) is 2. The zero-order chi connectivity index (χ0) is 23.0. The minimum absolute atomic E-state index is 0.0648. The van der Waals surface area contributed by atoms with E-state index in [1.54, 1.807) is 0 Å². The second-order valence-corrected chi connectivity index (χ2v) is 8.93. The van der Waals surface area contributed by atoms with Crippen LogP contribution in [0.4, 0.5) is 0 Å². The molecule has 1 aromatic heterocycles. The highest BCUT2D eigenvalue weighted by molar-refractivity contribution is 7.80. The van der Waals surface area contributed by atoms with Crippen molar-refractivity contribution in [2.45, 2.75) is 26.4 Å². The van der Waals surface area contributed by atoms with Crippen LogP contribution in [0.25, 0.3) is 10.9 Å². The van der Waals surface area contributed by atoms with Crippen LogP contribution in [-0.4, -0.2) is 59.3 Å². The highest BCUT2D eigenvalue weighted by Crippen LogP contribution is 2.16. The van der Waals surface area contributed by atoms with Gasteiger partial charge in [-0.3, -0.25) is 9.69 Å². The molecule has 2 N–H and O–H groups in total. The third kappa shape index (κ3) is 6.41. The molecule has 1 aliphatic heterocycles. The number of pyridine rings is 1. The molecule has 3 aromatic rings. The van der Waals surface area contributed by atoms with Crippen molar-refractivity contribution >= 4 is 28.2 Å². The van der Waals surface area contributed by atoms with E-state index in [1.807, 2.05) is 49.4 Å². The van der Waals surface area contributed by atoms with Gasteiger partial charge in [0, 0.05) is 31.7 Å². The summed E-state index contributed by atoms with van der Waals surface area (Å²) in [6, 6.07) is 18.3. The number of H-pyrrole nitrogens is 1. The first-order chi connectivity index (χ1) is 16.1. The largest absolute Gasteiger partial charge is 0.379 e. The van der Waals surface area contributed by atoms with Gasteiger partial charge in [0.1, 0.15) is 0 Å². The highest BCUT2D eigenvalue weighted by Gasteiger charge is 2.15. The molecule has 0 unspecified atom stereocenters. The van der Waals surface area contributed by atoms with E-state index in [2.05, 4.69) is 32.2 Å². The number of aryl methyl sites for hydroxylation is 1. The molecule has 0 spiro atoms. The Morgan fingerprint density at radius 1 is 1.12 bits per heavy atom. The Balaban J connectivity index is 1.45. The number of hydrogen-bond acceptors (Lipinski definition) is 4. The molecule has 0 radical (unpaired) electrons. The lowest BCUT2D eigenvalue weighted by molar-refractivity contribution is 0.0376. The fourth-order valence-corrected chi connectivity index (χ4v) is 4.42. The molecule has 1 aliphatic rings. The third-order valence-electron chi connectivity index (χ3n) is 6.06. The number of fused-ring (bicyclic) bond motifs is 1. The van der Waals surface area contributed by atoms with Gasteiger partial charge in [-0.2, -0.15) is 0 Å². The number of aromatic amines is 1. The second-order valence-electron chi connectivity index (χ2n) is 8.54. The topological polar surface area (TPSA) is 60.6 Å².